The van der Waals surface area contributed by atoms with Crippen molar-refractivity contribution in [1.82, 2.24) is 9.55 Å². The van der Waals surface area contributed by atoms with Gasteiger partial charge in [-0.2, -0.15) is 0 Å². The van der Waals surface area contributed by atoms with Crippen LogP contribution in [-0.4, -0.2) is 34.4 Å². The van der Waals surface area contributed by atoms with E-state index in [9.17, 15) is 5.11 Å². The Balaban J connectivity index is 1.94. The Kier molecular flexibility index (Phi) is 5.95. The van der Waals surface area contributed by atoms with Crippen LogP contribution in [0.1, 0.15) is 47.3 Å². The monoisotopic (exact) mass is 469 g/mol. The summed E-state index contributed by atoms with van der Waals surface area (Å²) in [5, 5.41) is 10.7. The Morgan fingerprint density at radius 3 is 2.47 bits per heavy atom. The first-order valence-electron chi connectivity index (χ1n) is 10.9. The molecule has 0 bridgehead atoms. The number of hydrogen-bond acceptors (Lipinski definition) is 3. The fourth-order valence-corrected chi connectivity index (χ4v) is 5.84. The van der Waals surface area contributed by atoms with E-state index in [0.29, 0.717) is 5.92 Å². The summed E-state index contributed by atoms with van der Waals surface area (Å²) in [6.07, 6.45) is 3.28. The Labute approximate surface area is 188 Å². The van der Waals surface area contributed by atoms with Crippen molar-refractivity contribution in [2.45, 2.75) is 53.9 Å². The molecule has 1 aliphatic heterocycles. The number of aryl methyl sites for hydroxylation is 4. The molecule has 0 amide bonds. The van der Waals surface area contributed by atoms with Gasteiger partial charge in [0.1, 0.15) is 5.65 Å². The van der Waals surface area contributed by atoms with Gasteiger partial charge in [0.2, 0.25) is 0 Å². The molecule has 4 nitrogen and oxygen atoms in total. The number of aliphatic hydroxyl groups is 1. The van der Waals surface area contributed by atoms with Gasteiger partial charge in [-0.3, -0.25) is 4.57 Å². The largest absolute Gasteiger partial charge is 0.396 e. The van der Waals surface area contributed by atoms with Gasteiger partial charge >= 0.3 is 0 Å². The van der Waals surface area contributed by atoms with E-state index in [1.54, 1.807) is 0 Å². The second-order valence-corrected chi connectivity index (χ2v) is 9.80. The highest BCUT2D eigenvalue weighted by Crippen LogP contribution is 2.38. The van der Waals surface area contributed by atoms with E-state index < -0.39 is 0 Å². The summed E-state index contributed by atoms with van der Waals surface area (Å²) in [4.78, 5) is 7.56. The standard InChI is InChI=1S/C25H32BrN3O/c1-15-11-21(26)12-16(2)24(15)29-19(5)18(4)23-22(13-17(3)27-25(23)29)28-9-6-7-20(14-28)8-10-30/h11-13,20,30H,6-10,14H2,1-5H3/t20-/m1/s1. The van der Waals surface area contributed by atoms with E-state index in [0.717, 1.165) is 35.3 Å². The SMILES string of the molecule is Cc1cc(N2CCC[C@H](CCO)C2)c2c(C)c(C)n(-c3c(C)cc(Br)cc3C)c2n1. The van der Waals surface area contributed by atoms with Crippen molar-refractivity contribution in [1.29, 1.82) is 0 Å². The molecule has 0 aliphatic carbocycles. The minimum Gasteiger partial charge on any atom is -0.396 e. The summed E-state index contributed by atoms with van der Waals surface area (Å²) < 4.78 is 3.47. The Morgan fingerprint density at radius 2 is 1.80 bits per heavy atom. The third kappa shape index (κ3) is 3.67. The molecule has 1 aromatic carbocycles. The maximum Gasteiger partial charge on any atom is 0.147 e. The second kappa shape index (κ2) is 8.35. The van der Waals surface area contributed by atoms with E-state index in [-0.39, 0.29) is 6.61 Å². The number of rotatable bonds is 4. The van der Waals surface area contributed by atoms with E-state index in [1.807, 2.05) is 0 Å². The Morgan fingerprint density at radius 1 is 1.10 bits per heavy atom. The van der Waals surface area contributed by atoms with Gasteiger partial charge in [-0.25, -0.2) is 4.98 Å². The molecular weight excluding hydrogens is 438 g/mol. The van der Waals surface area contributed by atoms with Crippen molar-refractivity contribution >= 4 is 32.7 Å². The predicted molar refractivity (Wildman–Crippen MR) is 129 cm³/mol. The lowest BCUT2D eigenvalue weighted by atomic mass is 9.94. The van der Waals surface area contributed by atoms with Crippen molar-refractivity contribution in [3.05, 3.63) is 50.8 Å². The molecular formula is C25H32BrN3O. The van der Waals surface area contributed by atoms with E-state index in [1.165, 1.54) is 52.0 Å². The molecule has 1 N–H and O–H groups in total. The highest BCUT2D eigenvalue weighted by atomic mass is 79.9. The van der Waals surface area contributed by atoms with Gasteiger partial charge in [-0.15, -0.1) is 0 Å². The number of pyridine rings is 1. The number of benzene rings is 1. The van der Waals surface area contributed by atoms with Gasteiger partial charge in [0.25, 0.3) is 0 Å². The molecule has 160 valence electrons. The molecule has 2 aromatic heterocycles. The van der Waals surface area contributed by atoms with Crippen LogP contribution in [0.2, 0.25) is 0 Å². The van der Waals surface area contributed by atoms with Crippen LogP contribution in [0, 0.1) is 40.5 Å². The van der Waals surface area contributed by atoms with E-state index in [2.05, 4.69) is 78.2 Å². The van der Waals surface area contributed by atoms with Crippen molar-refractivity contribution in [3.63, 3.8) is 0 Å². The van der Waals surface area contributed by atoms with Crippen molar-refractivity contribution in [2.24, 2.45) is 5.92 Å². The molecule has 1 atom stereocenters. The number of piperidine rings is 1. The summed E-state index contributed by atoms with van der Waals surface area (Å²) >= 11 is 3.64. The van der Waals surface area contributed by atoms with Gasteiger partial charge in [-0.05, 0) is 94.7 Å². The maximum atomic E-state index is 9.44. The molecule has 1 fully saturated rings. The molecule has 1 saturated heterocycles. The average molecular weight is 470 g/mol. The summed E-state index contributed by atoms with van der Waals surface area (Å²) in [7, 11) is 0. The molecule has 5 heteroatoms. The van der Waals surface area contributed by atoms with Gasteiger partial charge in [-0.1, -0.05) is 15.9 Å². The number of nitrogens with zero attached hydrogens (tertiary/aromatic N) is 3. The highest BCUT2D eigenvalue weighted by Gasteiger charge is 2.25. The average Bonchev–Trinajstić information content (AvgIpc) is 2.92. The van der Waals surface area contributed by atoms with Gasteiger partial charge in [0.15, 0.2) is 0 Å². The number of aliphatic hydroxyl groups excluding tert-OH is 1. The van der Waals surface area contributed by atoms with Crippen LogP contribution < -0.4 is 4.90 Å². The van der Waals surface area contributed by atoms with Crippen molar-refractivity contribution < 1.29 is 5.11 Å². The smallest absolute Gasteiger partial charge is 0.147 e. The minimum atomic E-state index is 0.278. The molecule has 30 heavy (non-hydrogen) atoms. The molecule has 0 radical (unpaired) electrons. The van der Waals surface area contributed by atoms with Crippen LogP contribution in [0.3, 0.4) is 0 Å². The topological polar surface area (TPSA) is 41.3 Å². The lowest BCUT2D eigenvalue weighted by Gasteiger charge is -2.35. The molecule has 4 rings (SSSR count). The van der Waals surface area contributed by atoms with Crippen molar-refractivity contribution in [3.8, 4) is 5.69 Å². The fourth-order valence-electron chi connectivity index (χ4n) is 5.15. The minimum absolute atomic E-state index is 0.278. The summed E-state index contributed by atoms with van der Waals surface area (Å²) in [6.45, 7) is 13.2. The summed E-state index contributed by atoms with van der Waals surface area (Å²) in [6, 6.07) is 6.62. The van der Waals surface area contributed by atoms with Crippen LogP contribution in [0.5, 0.6) is 0 Å². The van der Waals surface area contributed by atoms with Crippen LogP contribution in [0.25, 0.3) is 16.7 Å². The number of anilines is 1. The molecule has 3 heterocycles. The third-order valence-corrected chi connectivity index (χ3v) is 7.11. The normalized spacial score (nSPS) is 17.2. The first kappa shape index (κ1) is 21.4. The van der Waals surface area contributed by atoms with Gasteiger partial charge < -0.3 is 10.0 Å². The lowest BCUT2D eigenvalue weighted by Crippen LogP contribution is -2.36. The number of aromatic nitrogens is 2. The third-order valence-electron chi connectivity index (χ3n) is 6.65. The van der Waals surface area contributed by atoms with Gasteiger partial charge in [0, 0.05) is 46.6 Å². The Hall–Kier alpha value is -1.85. The zero-order valence-corrected chi connectivity index (χ0v) is 20.3. The number of fused-ring (bicyclic) bond motifs is 1. The van der Waals surface area contributed by atoms with E-state index in [4.69, 9.17) is 4.98 Å². The first-order chi connectivity index (χ1) is 14.3. The van der Waals surface area contributed by atoms with Crippen LogP contribution in [0.15, 0.2) is 22.7 Å². The zero-order chi connectivity index (χ0) is 21.6. The predicted octanol–water partition coefficient (Wildman–Crippen LogP) is 5.93. The first-order valence-corrected chi connectivity index (χ1v) is 11.7. The fraction of sp³-hybridized carbons (Fsp3) is 0.480. The van der Waals surface area contributed by atoms with Crippen LogP contribution in [0.4, 0.5) is 5.69 Å². The summed E-state index contributed by atoms with van der Waals surface area (Å²) in [5.41, 5.74) is 9.67. The molecule has 1 aliphatic rings. The Bertz CT molecular complexity index is 1080. The maximum absolute atomic E-state index is 9.44. The lowest BCUT2D eigenvalue weighted by molar-refractivity contribution is 0.244. The van der Waals surface area contributed by atoms with Gasteiger partial charge in [0.05, 0.1) is 5.69 Å². The van der Waals surface area contributed by atoms with E-state index >= 15 is 0 Å². The number of halogens is 1. The number of hydrogen-bond donors (Lipinski definition) is 1. The second-order valence-electron chi connectivity index (χ2n) is 8.88. The quantitative estimate of drug-likeness (QED) is 0.514. The van der Waals surface area contributed by atoms with Crippen LogP contribution in [-0.2, 0) is 0 Å². The summed E-state index contributed by atoms with van der Waals surface area (Å²) in [5.74, 6) is 0.562. The molecule has 0 saturated carbocycles. The molecule has 0 unspecified atom stereocenters. The van der Waals surface area contributed by atoms with Crippen LogP contribution >= 0.6 is 15.9 Å². The highest BCUT2D eigenvalue weighted by molar-refractivity contribution is 9.10. The zero-order valence-electron chi connectivity index (χ0n) is 18.7. The molecule has 3 aromatic rings. The molecule has 0 spiro atoms. The van der Waals surface area contributed by atoms with Crippen molar-refractivity contribution in [2.75, 3.05) is 24.6 Å².